The lowest BCUT2D eigenvalue weighted by Gasteiger charge is -2.46. The highest BCUT2D eigenvalue weighted by Gasteiger charge is 2.45. The van der Waals surface area contributed by atoms with Gasteiger partial charge in [-0.15, -0.1) is 0 Å². The molecule has 0 radical (unpaired) electrons. The molecule has 0 saturated carbocycles. The van der Waals surface area contributed by atoms with Gasteiger partial charge in [-0.3, -0.25) is 0 Å². The van der Waals surface area contributed by atoms with Crippen LogP contribution in [-0.4, -0.2) is 10.7 Å². The maximum atomic E-state index is 11.2. The molecule has 0 spiro atoms. The van der Waals surface area contributed by atoms with Crippen LogP contribution in [0.4, 0.5) is 0 Å². The van der Waals surface area contributed by atoms with E-state index in [4.69, 9.17) is 26.7 Å². The van der Waals surface area contributed by atoms with Gasteiger partial charge in [-0.2, -0.15) is 0 Å². The lowest BCUT2D eigenvalue weighted by molar-refractivity contribution is 0.0107. The second-order valence-corrected chi connectivity index (χ2v) is 5.80. The van der Waals surface area contributed by atoms with Gasteiger partial charge in [0.1, 0.15) is 17.1 Å². The number of hydrogen-bond donors (Lipinski definition) is 1. The first-order valence-electron chi connectivity index (χ1n) is 16.1. The van der Waals surface area contributed by atoms with E-state index < -0.39 is 103 Å². The summed E-state index contributed by atoms with van der Waals surface area (Å²) in [5, 5.41) is 11.2. The van der Waals surface area contributed by atoms with Gasteiger partial charge in [0.05, 0.1) is 4.11 Å². The first-order valence-corrected chi connectivity index (χ1v) is 7.09. The summed E-state index contributed by atoms with van der Waals surface area (Å²) in [7, 11) is 0. The minimum Gasteiger partial charge on any atom is -0.507 e. The van der Waals surface area contributed by atoms with E-state index in [0.717, 1.165) is 0 Å². The van der Waals surface area contributed by atoms with Crippen LogP contribution in [0.1, 0.15) is 101 Å². The van der Waals surface area contributed by atoms with Crippen molar-refractivity contribution >= 4 is 0 Å². The Hall–Kier alpha value is -1.44. The molecular weight excluding hydrogens is 284 g/mol. The Balaban J connectivity index is 2.48. The summed E-state index contributed by atoms with van der Waals surface area (Å²) in [6, 6.07) is -3.23. The summed E-state index contributed by atoms with van der Waals surface area (Å²) in [5.41, 5.74) is -4.30. The van der Waals surface area contributed by atoms with Crippen LogP contribution in [0.25, 0.3) is 0 Å². The normalized spacial score (nSPS) is 48.7. The number of hydrogen-bond acceptors (Lipinski definition) is 2. The van der Waals surface area contributed by atoms with Crippen molar-refractivity contribution in [2.75, 3.05) is 0 Å². The van der Waals surface area contributed by atoms with Crippen molar-refractivity contribution in [1.29, 1.82) is 0 Å². The Kier molecular flexibility index (Phi) is 1.43. The SMILES string of the molecule is [2H]C1=C(C)CC([2H])([2H])[C@@]2([2H])C(C)(C)Oc3c([2H])c(C([2H])([2H])C([2H])([2H])C([2H])([2H])C([2H])([2H])C([2H])([2H])[2H])c([2H])c(O)c3[C@]12[2H]. The molecule has 1 heterocycles. The fourth-order valence-corrected chi connectivity index (χ4v) is 2.63. The van der Waals surface area contributed by atoms with Gasteiger partial charge in [-0.1, -0.05) is 31.2 Å². The molecule has 1 aromatic rings. The average Bonchev–Trinajstić information content (AvgIpc) is 2.77. The number of benzene rings is 1. The van der Waals surface area contributed by atoms with Gasteiger partial charge in [0.25, 0.3) is 0 Å². The van der Waals surface area contributed by atoms with Gasteiger partial charge in [0, 0.05) is 37.9 Å². The summed E-state index contributed by atoms with van der Waals surface area (Å²) in [4.78, 5) is 0. The third kappa shape index (κ3) is 3.13. The summed E-state index contributed by atoms with van der Waals surface area (Å²) in [6.45, 7) is -0.0796. The van der Waals surface area contributed by atoms with E-state index in [9.17, 15) is 7.85 Å². The third-order valence-electron chi connectivity index (χ3n) is 3.59. The molecule has 0 unspecified atom stereocenters. The largest absolute Gasteiger partial charge is 0.507 e. The van der Waals surface area contributed by atoms with Crippen LogP contribution in [0.3, 0.4) is 0 Å². The molecule has 1 aromatic carbocycles. The van der Waals surface area contributed by atoms with E-state index in [1.165, 1.54) is 20.8 Å². The Labute approximate surface area is 165 Å². The molecule has 0 saturated heterocycles. The molecule has 0 aromatic heterocycles. The monoisotopic (exact) mass is 332 g/mol. The molecule has 2 atom stereocenters. The number of aromatic hydroxyl groups is 1. The highest BCUT2D eigenvalue weighted by molar-refractivity contribution is 5.53. The van der Waals surface area contributed by atoms with Crippen molar-refractivity contribution in [3.8, 4) is 11.5 Å². The zero-order valence-electron chi connectivity index (χ0n) is 31.1. The molecule has 1 aliphatic carbocycles. The number of ether oxygens (including phenoxy) is 1. The molecular formula is C21H30O2. The molecule has 2 heteroatoms. The van der Waals surface area contributed by atoms with E-state index in [-0.39, 0.29) is 5.57 Å². The van der Waals surface area contributed by atoms with Gasteiger partial charge in [-0.25, -0.2) is 0 Å². The summed E-state index contributed by atoms with van der Waals surface area (Å²) in [5.74, 6) is -7.76. The van der Waals surface area contributed by atoms with Crippen molar-refractivity contribution in [2.45, 2.75) is 77.4 Å². The van der Waals surface area contributed by atoms with Crippen LogP contribution < -0.4 is 4.74 Å². The van der Waals surface area contributed by atoms with Crippen LogP contribution in [0.15, 0.2) is 23.7 Å². The molecule has 0 fully saturated rings. The summed E-state index contributed by atoms with van der Waals surface area (Å²) >= 11 is 0. The van der Waals surface area contributed by atoms with E-state index >= 15 is 0 Å². The zero-order chi connectivity index (χ0) is 32.5. The van der Waals surface area contributed by atoms with Crippen LogP contribution in [0, 0.1) is 5.89 Å². The maximum absolute atomic E-state index is 11.2. The van der Waals surface area contributed by atoms with Crippen molar-refractivity contribution in [3.63, 3.8) is 0 Å². The maximum Gasteiger partial charge on any atom is 0.127 e. The lowest BCUT2D eigenvalue weighted by atomic mass is 9.68. The predicted octanol–water partition coefficient (Wildman–Crippen LogP) is 5.74. The minimum absolute atomic E-state index is 0.0184. The van der Waals surface area contributed by atoms with E-state index in [1.54, 1.807) is 0 Å². The number of phenols is 1. The van der Waals surface area contributed by atoms with Crippen molar-refractivity contribution < 1.29 is 34.5 Å². The van der Waals surface area contributed by atoms with Crippen LogP contribution in [0.5, 0.6) is 11.5 Å². The van der Waals surface area contributed by atoms with Crippen molar-refractivity contribution in [1.82, 2.24) is 0 Å². The predicted molar refractivity (Wildman–Crippen MR) is 95.3 cm³/mol. The highest BCUT2D eigenvalue weighted by Crippen LogP contribution is 2.53. The lowest BCUT2D eigenvalue weighted by Crippen LogP contribution is -2.45. The van der Waals surface area contributed by atoms with E-state index in [0.29, 0.717) is 0 Å². The molecule has 0 amide bonds. The molecule has 126 valence electrons. The summed E-state index contributed by atoms with van der Waals surface area (Å²) in [6.07, 6.45) is -19.1. The number of rotatable bonds is 4. The quantitative estimate of drug-likeness (QED) is 0.713. The Morgan fingerprint density at radius 1 is 1.52 bits per heavy atom. The van der Waals surface area contributed by atoms with E-state index in [1.807, 2.05) is 0 Å². The van der Waals surface area contributed by atoms with Crippen LogP contribution >= 0.6 is 0 Å². The van der Waals surface area contributed by atoms with Crippen LogP contribution in [0.2, 0.25) is 0 Å². The average molecular weight is 333 g/mol. The second-order valence-electron chi connectivity index (χ2n) is 5.80. The van der Waals surface area contributed by atoms with Crippen molar-refractivity contribution in [3.05, 3.63) is 34.8 Å². The van der Waals surface area contributed by atoms with Gasteiger partial charge >= 0.3 is 0 Å². The molecule has 2 nitrogen and oxygen atoms in total. The second kappa shape index (κ2) is 6.22. The minimum atomic E-state index is -4.13. The Bertz CT molecular complexity index is 1330. The molecule has 3 rings (SSSR count). The van der Waals surface area contributed by atoms with E-state index in [2.05, 4.69) is 0 Å². The fraction of sp³-hybridized carbons (Fsp3) is 0.619. The van der Waals surface area contributed by atoms with Crippen LogP contribution in [-0.2, 0) is 6.37 Å². The molecule has 23 heavy (non-hydrogen) atoms. The van der Waals surface area contributed by atoms with Gasteiger partial charge in [0.2, 0.25) is 0 Å². The number of allylic oxidation sites excluding steroid dienone is 2. The first-order chi connectivity index (χ1) is 17.9. The fourth-order valence-electron chi connectivity index (χ4n) is 2.63. The van der Waals surface area contributed by atoms with Gasteiger partial charge < -0.3 is 9.84 Å². The topological polar surface area (TPSA) is 29.5 Å². The highest BCUT2D eigenvalue weighted by atomic mass is 16.5. The standard InChI is InChI=1S/C21H30O2/c1-5-6-7-8-15-12-18(22)20-16-11-14(2)9-10-17(16)21(3,4)23-19(20)13-15/h11-13,16-17,22H,5-10H2,1-4H3/t16-,17-/m1/s1/i1D3,5D2,6D2,7D2,8D2,10D2,11D,12D,13D,16D,17D. The van der Waals surface area contributed by atoms with Gasteiger partial charge in [0.15, 0.2) is 0 Å². The zero-order valence-corrected chi connectivity index (χ0v) is 13.1. The summed E-state index contributed by atoms with van der Waals surface area (Å²) < 4.78 is 155. The third-order valence-corrected chi connectivity index (χ3v) is 3.59. The van der Waals surface area contributed by atoms with Gasteiger partial charge in [-0.05, 0) is 64.0 Å². The number of fused-ring (bicyclic) bond motifs is 3. The molecule has 2 aliphatic rings. The van der Waals surface area contributed by atoms with Crippen molar-refractivity contribution in [2.24, 2.45) is 5.89 Å². The Morgan fingerprint density at radius 2 is 2.35 bits per heavy atom. The number of phenolic OH excluding ortho intramolecular Hbond substituents is 1. The smallest absolute Gasteiger partial charge is 0.127 e. The molecule has 1 N–H and O–H groups in total. The molecule has 0 bridgehead atoms. The molecule has 1 aliphatic heterocycles. The Morgan fingerprint density at radius 3 is 3.13 bits per heavy atom. The first kappa shape index (κ1) is 5.28.